The molecule has 4 heteroatoms. The summed E-state index contributed by atoms with van der Waals surface area (Å²) in [7, 11) is 0. The Hall–Kier alpha value is -0.540. The number of carbonyl (C=O) groups excluding carboxylic acids is 1. The van der Waals surface area contributed by atoms with Crippen LogP contribution in [-0.4, -0.2) is 48.3 Å². The molecule has 6 rings (SSSR count). The van der Waals surface area contributed by atoms with Crippen molar-refractivity contribution in [3.8, 4) is 0 Å². The van der Waals surface area contributed by atoms with Gasteiger partial charge in [-0.3, -0.25) is 9.69 Å². The average Bonchev–Trinajstić information content (AvgIpc) is 2.41. The predicted molar refractivity (Wildman–Crippen MR) is 79.5 cm³/mol. The van der Waals surface area contributed by atoms with Crippen molar-refractivity contribution in [2.75, 3.05) is 32.7 Å². The van der Waals surface area contributed by atoms with Gasteiger partial charge in [0.05, 0.1) is 6.54 Å². The van der Waals surface area contributed by atoms with Gasteiger partial charge < -0.3 is 4.90 Å². The van der Waals surface area contributed by atoms with Crippen LogP contribution < -0.4 is 0 Å². The second kappa shape index (κ2) is 6.27. The maximum atomic E-state index is 11.0. The van der Waals surface area contributed by atoms with Crippen molar-refractivity contribution in [3.05, 3.63) is 11.8 Å². The largest absolute Gasteiger partial charge is 0.377 e. The van der Waals surface area contributed by atoms with Crippen LogP contribution in [0.5, 0.6) is 0 Å². The summed E-state index contributed by atoms with van der Waals surface area (Å²) < 4.78 is 0. The number of carbonyl (C=O) groups is 1. The zero-order valence-corrected chi connectivity index (χ0v) is 12.6. The van der Waals surface area contributed by atoms with Crippen LogP contribution in [-0.2, 0) is 4.79 Å². The summed E-state index contributed by atoms with van der Waals surface area (Å²) in [6.07, 6.45) is 7.39. The molecule has 3 nitrogen and oxygen atoms in total. The van der Waals surface area contributed by atoms with Gasteiger partial charge in [0, 0.05) is 19.0 Å². The summed E-state index contributed by atoms with van der Waals surface area (Å²) in [5.41, 5.74) is 1.60. The lowest BCUT2D eigenvalue weighted by Crippen LogP contribution is -2.47. The number of fused-ring (bicyclic) bond motifs is 5. The minimum Gasteiger partial charge on any atom is -0.377 e. The highest BCUT2D eigenvalue weighted by Crippen LogP contribution is 2.30. The molecule has 6 aliphatic heterocycles. The van der Waals surface area contributed by atoms with Crippen LogP contribution in [0.2, 0.25) is 0 Å². The van der Waals surface area contributed by atoms with E-state index in [1.165, 1.54) is 25.9 Å². The summed E-state index contributed by atoms with van der Waals surface area (Å²) in [5.74, 6) is 1.86. The molecule has 4 bridgehead atoms. The first-order chi connectivity index (χ1) is 8.72. The second-order valence-corrected chi connectivity index (χ2v) is 6.20. The fraction of sp³-hybridized carbons (Fsp3) is 0.800. The van der Waals surface area contributed by atoms with Crippen LogP contribution in [0.15, 0.2) is 11.8 Å². The highest BCUT2D eigenvalue weighted by molar-refractivity contribution is 5.85. The van der Waals surface area contributed by atoms with E-state index in [0.29, 0.717) is 11.7 Å². The predicted octanol–water partition coefficient (Wildman–Crippen LogP) is 2.32. The van der Waals surface area contributed by atoms with Crippen molar-refractivity contribution < 1.29 is 4.79 Å². The molecule has 0 aromatic heterocycles. The summed E-state index contributed by atoms with van der Waals surface area (Å²) in [5, 5.41) is 0. The third kappa shape index (κ3) is 3.32. The van der Waals surface area contributed by atoms with E-state index in [9.17, 15) is 4.79 Å². The lowest BCUT2D eigenvalue weighted by molar-refractivity contribution is -0.130. The minimum atomic E-state index is 0. The van der Waals surface area contributed by atoms with Gasteiger partial charge in [0.2, 0.25) is 0 Å². The molecule has 0 aliphatic carbocycles. The van der Waals surface area contributed by atoms with Crippen LogP contribution >= 0.6 is 12.4 Å². The van der Waals surface area contributed by atoms with Crippen LogP contribution in [0.1, 0.15) is 32.6 Å². The van der Waals surface area contributed by atoms with Crippen LogP contribution in [0.3, 0.4) is 0 Å². The van der Waals surface area contributed by atoms with E-state index < -0.39 is 0 Å². The molecule has 0 aromatic rings. The molecular weight excluding hydrogens is 260 g/mol. The first kappa shape index (κ1) is 14.9. The van der Waals surface area contributed by atoms with E-state index in [-0.39, 0.29) is 12.4 Å². The summed E-state index contributed by atoms with van der Waals surface area (Å²) >= 11 is 0. The normalized spacial score (nSPS) is 32.4. The molecule has 0 atom stereocenters. The Morgan fingerprint density at radius 1 is 1.00 bits per heavy atom. The topological polar surface area (TPSA) is 23.6 Å². The van der Waals surface area contributed by atoms with E-state index in [2.05, 4.69) is 22.9 Å². The first-order valence-corrected chi connectivity index (χ1v) is 7.40. The van der Waals surface area contributed by atoms with Crippen LogP contribution in [0.4, 0.5) is 0 Å². The average molecular weight is 285 g/mol. The smallest absolute Gasteiger partial charge is 0.149 e. The van der Waals surface area contributed by atoms with Crippen molar-refractivity contribution in [2.45, 2.75) is 32.6 Å². The Bertz CT molecular complexity index is 353. The fourth-order valence-electron chi connectivity index (χ4n) is 3.64. The number of Topliss-reactive ketones (excluding diaryl/α,β-unsaturated/α-hetero) is 1. The number of hydrogen-bond donors (Lipinski definition) is 0. The molecule has 0 N–H and O–H groups in total. The van der Waals surface area contributed by atoms with E-state index in [1.807, 2.05) is 0 Å². The van der Waals surface area contributed by atoms with Gasteiger partial charge in [-0.2, -0.15) is 0 Å². The van der Waals surface area contributed by atoms with Crippen molar-refractivity contribution >= 4 is 18.2 Å². The Kier molecular flexibility index (Phi) is 4.91. The SMILES string of the molecule is CC1=CN2CCC1CC2.Cl.O=C1CN2CCC1CC2. The highest BCUT2D eigenvalue weighted by atomic mass is 35.5. The standard InChI is InChI=1S/C8H13N.C7H11NO.ClH/c1-7-6-9-4-2-8(7)3-5-9;9-7-5-8-3-1-6(7)2-4-8;/h6,8H,2-5H2,1H3;6H,1-5H2;1H. The molecular formula is C15H25ClN2O. The Labute approximate surface area is 122 Å². The van der Waals surface area contributed by atoms with Crippen LogP contribution in [0.25, 0.3) is 0 Å². The zero-order chi connectivity index (χ0) is 12.5. The lowest BCUT2D eigenvalue weighted by Gasteiger charge is -2.38. The fourth-order valence-corrected chi connectivity index (χ4v) is 3.64. The van der Waals surface area contributed by atoms with Gasteiger partial charge in [-0.1, -0.05) is 5.57 Å². The van der Waals surface area contributed by atoms with Gasteiger partial charge in [-0.25, -0.2) is 0 Å². The molecule has 0 unspecified atom stereocenters. The van der Waals surface area contributed by atoms with Crippen molar-refractivity contribution in [1.29, 1.82) is 0 Å². The zero-order valence-electron chi connectivity index (χ0n) is 11.8. The van der Waals surface area contributed by atoms with Crippen molar-refractivity contribution in [2.24, 2.45) is 11.8 Å². The third-order valence-corrected chi connectivity index (χ3v) is 4.98. The van der Waals surface area contributed by atoms with Crippen LogP contribution in [0, 0.1) is 11.8 Å². The number of rotatable bonds is 0. The van der Waals surface area contributed by atoms with E-state index >= 15 is 0 Å². The van der Waals surface area contributed by atoms with Gasteiger partial charge in [-0.05, 0) is 57.8 Å². The number of piperidine rings is 4. The van der Waals surface area contributed by atoms with Gasteiger partial charge >= 0.3 is 0 Å². The highest BCUT2D eigenvalue weighted by Gasteiger charge is 2.31. The Morgan fingerprint density at radius 3 is 1.79 bits per heavy atom. The molecule has 108 valence electrons. The molecule has 0 radical (unpaired) electrons. The molecule has 4 saturated heterocycles. The van der Waals surface area contributed by atoms with Crippen molar-refractivity contribution in [3.63, 3.8) is 0 Å². The van der Waals surface area contributed by atoms with Gasteiger partial charge in [-0.15, -0.1) is 12.4 Å². The minimum absolute atomic E-state index is 0. The molecule has 0 saturated carbocycles. The number of nitrogens with zero attached hydrogens (tertiary/aromatic N) is 2. The number of halogens is 1. The maximum absolute atomic E-state index is 11.0. The van der Waals surface area contributed by atoms with Gasteiger partial charge in [0.15, 0.2) is 0 Å². The van der Waals surface area contributed by atoms with Gasteiger partial charge in [0.25, 0.3) is 0 Å². The molecule has 6 heterocycles. The Balaban J connectivity index is 0.000000133. The molecule has 4 fully saturated rings. The molecule has 19 heavy (non-hydrogen) atoms. The lowest BCUT2D eigenvalue weighted by atomic mass is 9.87. The van der Waals surface area contributed by atoms with E-state index in [0.717, 1.165) is 38.4 Å². The summed E-state index contributed by atoms with van der Waals surface area (Å²) in [6, 6.07) is 0. The van der Waals surface area contributed by atoms with E-state index in [1.54, 1.807) is 5.57 Å². The molecule has 0 amide bonds. The molecule has 0 spiro atoms. The third-order valence-electron chi connectivity index (χ3n) is 4.98. The molecule has 0 aromatic carbocycles. The summed E-state index contributed by atoms with van der Waals surface area (Å²) in [6.45, 7) is 7.94. The monoisotopic (exact) mass is 284 g/mol. The quantitative estimate of drug-likeness (QED) is 0.682. The number of ketones is 1. The number of hydrogen-bond acceptors (Lipinski definition) is 3. The van der Waals surface area contributed by atoms with Crippen molar-refractivity contribution in [1.82, 2.24) is 9.80 Å². The van der Waals surface area contributed by atoms with E-state index in [4.69, 9.17) is 0 Å². The second-order valence-electron chi connectivity index (χ2n) is 6.20. The number of allylic oxidation sites excluding steroid dienone is 1. The van der Waals surface area contributed by atoms with Gasteiger partial charge in [0.1, 0.15) is 5.78 Å². The summed E-state index contributed by atoms with van der Waals surface area (Å²) in [4.78, 5) is 15.7. The maximum Gasteiger partial charge on any atom is 0.149 e. The Morgan fingerprint density at radius 2 is 1.58 bits per heavy atom. The molecule has 6 aliphatic rings. The first-order valence-electron chi connectivity index (χ1n) is 7.40.